The van der Waals surface area contributed by atoms with E-state index in [1.54, 1.807) is 0 Å². The molecule has 1 aliphatic rings. The number of hydrogen-bond donors (Lipinski definition) is 2. The molecule has 2 N–H and O–H groups in total. The average molecular weight is 225 g/mol. The van der Waals surface area contributed by atoms with Gasteiger partial charge in [0.15, 0.2) is 0 Å². The summed E-state index contributed by atoms with van der Waals surface area (Å²) >= 11 is 3.43. The van der Waals surface area contributed by atoms with Crippen LogP contribution in [0, 0.1) is 0 Å². The first-order valence-electron chi connectivity index (χ1n) is 3.79. The lowest BCUT2D eigenvalue weighted by Gasteiger charge is -2.02. The van der Waals surface area contributed by atoms with Crippen molar-refractivity contribution in [2.45, 2.75) is 0 Å². The fourth-order valence-corrected chi connectivity index (χ4v) is 1.59. The van der Waals surface area contributed by atoms with Gasteiger partial charge in [-0.05, 0) is 12.1 Å². The van der Waals surface area contributed by atoms with Crippen LogP contribution in [0.3, 0.4) is 0 Å². The molecule has 0 aromatic heterocycles. The third kappa shape index (κ3) is 1.46. The van der Waals surface area contributed by atoms with Gasteiger partial charge in [0.25, 0.3) is 0 Å². The van der Waals surface area contributed by atoms with E-state index in [0.29, 0.717) is 0 Å². The zero-order valence-corrected chi connectivity index (χ0v) is 8.06. The van der Waals surface area contributed by atoms with E-state index in [1.807, 2.05) is 18.3 Å². The molecule has 0 radical (unpaired) electrons. The van der Waals surface area contributed by atoms with E-state index in [0.717, 1.165) is 16.8 Å². The highest BCUT2D eigenvalue weighted by atomic mass is 79.9. The first-order valence-corrected chi connectivity index (χ1v) is 4.59. The molecule has 1 aromatic carbocycles. The van der Waals surface area contributed by atoms with Crippen molar-refractivity contribution in [2.75, 3.05) is 6.67 Å². The minimum absolute atomic E-state index is 0.821. The summed E-state index contributed by atoms with van der Waals surface area (Å²) in [5.41, 5.74) is 2.35. The van der Waals surface area contributed by atoms with E-state index in [1.165, 1.54) is 5.56 Å². The number of nitrogens with one attached hydrogen (secondary N) is 2. The molecule has 12 heavy (non-hydrogen) atoms. The Balaban J connectivity index is 2.33. The maximum Gasteiger partial charge on any atom is 0.0846 e. The molecule has 1 aliphatic heterocycles. The van der Waals surface area contributed by atoms with Crippen LogP contribution < -0.4 is 10.6 Å². The third-order valence-electron chi connectivity index (χ3n) is 1.76. The minimum Gasteiger partial charge on any atom is -0.372 e. The molecular formula is C9H9BrN2. The van der Waals surface area contributed by atoms with E-state index in [2.05, 4.69) is 38.7 Å². The van der Waals surface area contributed by atoms with Gasteiger partial charge >= 0.3 is 0 Å². The van der Waals surface area contributed by atoms with Gasteiger partial charge in [0.05, 0.1) is 12.4 Å². The molecule has 0 aliphatic carbocycles. The van der Waals surface area contributed by atoms with E-state index in [-0.39, 0.29) is 0 Å². The average Bonchev–Trinajstić information content (AvgIpc) is 2.56. The van der Waals surface area contributed by atoms with Gasteiger partial charge in [-0.25, -0.2) is 0 Å². The summed E-state index contributed by atoms with van der Waals surface area (Å²) in [5, 5.41) is 6.33. The number of halogens is 1. The highest BCUT2D eigenvalue weighted by Crippen LogP contribution is 2.17. The van der Waals surface area contributed by atoms with Crippen LogP contribution in [0.5, 0.6) is 0 Å². The van der Waals surface area contributed by atoms with Crippen molar-refractivity contribution in [1.29, 1.82) is 0 Å². The van der Waals surface area contributed by atoms with Gasteiger partial charge in [0, 0.05) is 16.2 Å². The Morgan fingerprint density at radius 3 is 2.92 bits per heavy atom. The predicted molar refractivity (Wildman–Crippen MR) is 53.3 cm³/mol. The van der Waals surface area contributed by atoms with E-state index < -0.39 is 0 Å². The summed E-state index contributed by atoms with van der Waals surface area (Å²) in [7, 11) is 0. The van der Waals surface area contributed by atoms with Crippen molar-refractivity contribution in [3.8, 4) is 0 Å². The standard InChI is InChI=1S/C9H9BrN2/c10-8-3-1-2-7(4-8)9-5-11-6-12-9/h1-5,11-12H,6H2. The van der Waals surface area contributed by atoms with Crippen molar-refractivity contribution < 1.29 is 0 Å². The second-order valence-electron chi connectivity index (χ2n) is 2.63. The molecule has 0 fully saturated rings. The Labute approximate surface area is 79.8 Å². The lowest BCUT2D eigenvalue weighted by Crippen LogP contribution is -2.13. The van der Waals surface area contributed by atoms with Crippen molar-refractivity contribution in [2.24, 2.45) is 0 Å². The highest BCUT2D eigenvalue weighted by molar-refractivity contribution is 9.10. The molecule has 0 bridgehead atoms. The van der Waals surface area contributed by atoms with Crippen molar-refractivity contribution in [3.63, 3.8) is 0 Å². The molecule has 62 valence electrons. The van der Waals surface area contributed by atoms with Crippen LogP contribution in [0.2, 0.25) is 0 Å². The second kappa shape index (κ2) is 3.19. The molecule has 1 aromatic rings. The Morgan fingerprint density at radius 1 is 1.33 bits per heavy atom. The van der Waals surface area contributed by atoms with Crippen molar-refractivity contribution in [3.05, 3.63) is 40.5 Å². The zero-order chi connectivity index (χ0) is 8.39. The molecule has 0 saturated carbocycles. The molecule has 0 atom stereocenters. The van der Waals surface area contributed by atoms with Gasteiger partial charge in [-0.2, -0.15) is 0 Å². The van der Waals surface area contributed by atoms with Gasteiger partial charge in [-0.15, -0.1) is 0 Å². The predicted octanol–water partition coefficient (Wildman–Crippen LogP) is 1.90. The van der Waals surface area contributed by atoms with Crippen molar-refractivity contribution in [1.82, 2.24) is 10.6 Å². The van der Waals surface area contributed by atoms with Gasteiger partial charge in [-0.3, -0.25) is 0 Å². The molecule has 2 nitrogen and oxygen atoms in total. The van der Waals surface area contributed by atoms with Gasteiger partial charge in [-0.1, -0.05) is 28.1 Å². The van der Waals surface area contributed by atoms with Crippen LogP contribution >= 0.6 is 15.9 Å². The first kappa shape index (κ1) is 7.68. The maximum absolute atomic E-state index is 3.43. The Bertz CT molecular complexity index is 320. The molecule has 3 heteroatoms. The van der Waals surface area contributed by atoms with Crippen LogP contribution in [0.25, 0.3) is 5.70 Å². The van der Waals surface area contributed by atoms with Gasteiger partial charge in [0.2, 0.25) is 0 Å². The second-order valence-corrected chi connectivity index (χ2v) is 3.54. The summed E-state index contributed by atoms with van der Waals surface area (Å²) in [4.78, 5) is 0. The molecule has 1 heterocycles. The van der Waals surface area contributed by atoms with E-state index in [4.69, 9.17) is 0 Å². The molecule has 0 unspecified atom stereocenters. The van der Waals surface area contributed by atoms with Gasteiger partial charge in [0.1, 0.15) is 0 Å². The minimum atomic E-state index is 0.821. The first-order chi connectivity index (χ1) is 5.86. The molecule has 2 rings (SSSR count). The van der Waals surface area contributed by atoms with Gasteiger partial charge < -0.3 is 10.6 Å². The summed E-state index contributed by atoms with van der Waals surface area (Å²) < 4.78 is 1.11. The number of rotatable bonds is 1. The van der Waals surface area contributed by atoms with Crippen LogP contribution in [0.15, 0.2) is 34.9 Å². The van der Waals surface area contributed by atoms with Crippen LogP contribution in [0.4, 0.5) is 0 Å². The van der Waals surface area contributed by atoms with Crippen molar-refractivity contribution >= 4 is 21.6 Å². The summed E-state index contributed by atoms with van der Waals surface area (Å²) in [6.07, 6.45) is 1.99. The summed E-state index contributed by atoms with van der Waals surface area (Å²) in [6, 6.07) is 8.22. The van der Waals surface area contributed by atoms with Crippen LogP contribution in [-0.4, -0.2) is 6.67 Å². The molecule has 0 spiro atoms. The monoisotopic (exact) mass is 224 g/mol. The molecule has 0 amide bonds. The van der Waals surface area contributed by atoms with Crippen LogP contribution in [-0.2, 0) is 0 Å². The number of benzene rings is 1. The smallest absolute Gasteiger partial charge is 0.0846 e. The van der Waals surface area contributed by atoms with E-state index in [9.17, 15) is 0 Å². The molecular weight excluding hydrogens is 216 g/mol. The summed E-state index contributed by atoms with van der Waals surface area (Å²) in [5.74, 6) is 0. The Hall–Kier alpha value is -0.960. The third-order valence-corrected chi connectivity index (χ3v) is 2.26. The largest absolute Gasteiger partial charge is 0.372 e. The van der Waals surface area contributed by atoms with Crippen LogP contribution in [0.1, 0.15) is 5.56 Å². The lowest BCUT2D eigenvalue weighted by atomic mass is 10.2. The maximum atomic E-state index is 3.43. The Morgan fingerprint density at radius 2 is 2.25 bits per heavy atom. The fraction of sp³-hybridized carbons (Fsp3) is 0.111. The lowest BCUT2D eigenvalue weighted by molar-refractivity contribution is 0.843. The molecule has 0 saturated heterocycles. The number of hydrogen-bond acceptors (Lipinski definition) is 2. The topological polar surface area (TPSA) is 24.1 Å². The SMILES string of the molecule is Brc1cccc(C2=CNCN2)c1. The van der Waals surface area contributed by atoms with E-state index >= 15 is 0 Å². The highest BCUT2D eigenvalue weighted by Gasteiger charge is 2.04. The Kier molecular flexibility index (Phi) is 2.04. The quantitative estimate of drug-likeness (QED) is 0.762. The zero-order valence-electron chi connectivity index (χ0n) is 6.47. The summed E-state index contributed by atoms with van der Waals surface area (Å²) in [6.45, 7) is 0.821. The normalized spacial score (nSPS) is 14.9. The fourth-order valence-electron chi connectivity index (χ4n) is 1.19.